The van der Waals surface area contributed by atoms with Gasteiger partial charge in [-0.3, -0.25) is 0 Å². The van der Waals surface area contributed by atoms with Crippen LogP contribution in [-0.4, -0.2) is 31.0 Å². The van der Waals surface area contributed by atoms with Crippen molar-refractivity contribution in [3.05, 3.63) is 72.4 Å². The average molecular weight is 346 g/mol. The summed E-state index contributed by atoms with van der Waals surface area (Å²) in [6, 6.07) is 8.06. The molecule has 2 atom stereocenters. The molecule has 0 aliphatic heterocycles. The Hall–Kier alpha value is -2.87. The van der Waals surface area contributed by atoms with E-state index in [0.29, 0.717) is 0 Å². The monoisotopic (exact) mass is 346 g/mol. The summed E-state index contributed by atoms with van der Waals surface area (Å²) >= 11 is 0. The number of hydrogen-bond acceptors (Lipinski definition) is 5. The van der Waals surface area contributed by atoms with E-state index in [2.05, 4.69) is 15.1 Å². The number of aliphatic hydroxyl groups is 1. The highest BCUT2D eigenvalue weighted by molar-refractivity contribution is 5.27. The molecule has 0 saturated heterocycles. The van der Waals surface area contributed by atoms with Crippen molar-refractivity contribution in [2.45, 2.75) is 25.2 Å². The predicted molar refractivity (Wildman–Crippen MR) is 84.6 cm³/mol. The Kier molecular flexibility index (Phi) is 4.71. The van der Waals surface area contributed by atoms with Crippen molar-refractivity contribution >= 4 is 0 Å². The Morgan fingerprint density at radius 2 is 2.12 bits per heavy atom. The van der Waals surface area contributed by atoms with Crippen molar-refractivity contribution in [1.82, 2.24) is 19.7 Å². The van der Waals surface area contributed by atoms with E-state index in [0.717, 1.165) is 12.1 Å². The van der Waals surface area contributed by atoms with Crippen LogP contribution >= 0.6 is 0 Å². The Bertz CT molecular complexity index is 830. The lowest BCUT2D eigenvalue weighted by Gasteiger charge is -2.34. The van der Waals surface area contributed by atoms with Gasteiger partial charge in [0.05, 0.1) is 6.54 Å². The molecular formula is C17H16F2N4O2. The quantitative estimate of drug-likeness (QED) is 0.741. The second kappa shape index (κ2) is 6.94. The molecule has 0 aliphatic carbocycles. The molecule has 1 N–H and O–H groups in total. The molecule has 8 heteroatoms. The third-order valence-corrected chi connectivity index (χ3v) is 3.87. The normalized spacial score (nSPS) is 14.7. The smallest absolute Gasteiger partial charge is 0.213 e. The van der Waals surface area contributed by atoms with E-state index < -0.39 is 23.3 Å². The summed E-state index contributed by atoms with van der Waals surface area (Å²) in [7, 11) is 0. The van der Waals surface area contributed by atoms with Gasteiger partial charge in [-0.05, 0) is 19.1 Å². The van der Waals surface area contributed by atoms with Gasteiger partial charge in [-0.25, -0.2) is 23.4 Å². The second-order valence-corrected chi connectivity index (χ2v) is 5.57. The maximum Gasteiger partial charge on any atom is 0.213 e. The van der Waals surface area contributed by atoms with Crippen LogP contribution in [0.1, 0.15) is 12.5 Å². The molecule has 2 unspecified atom stereocenters. The standard InChI is InChI=1S/C17H16F2N4O2/c1-12(25-16-4-2-3-7-21-16)17(24,9-23-11-20-10-22-23)14-6-5-13(18)8-15(14)19/h2-8,10-12,24H,9H2,1H3. The second-order valence-electron chi connectivity index (χ2n) is 5.57. The Balaban J connectivity index is 1.98. The average Bonchev–Trinajstić information content (AvgIpc) is 3.08. The van der Waals surface area contributed by atoms with Gasteiger partial charge in [-0.1, -0.05) is 12.1 Å². The fourth-order valence-electron chi connectivity index (χ4n) is 2.53. The van der Waals surface area contributed by atoms with Crippen molar-refractivity contribution in [2.24, 2.45) is 0 Å². The third-order valence-electron chi connectivity index (χ3n) is 3.87. The van der Waals surface area contributed by atoms with Gasteiger partial charge in [0.15, 0.2) is 0 Å². The van der Waals surface area contributed by atoms with Crippen molar-refractivity contribution in [3.63, 3.8) is 0 Å². The highest BCUT2D eigenvalue weighted by Gasteiger charge is 2.41. The van der Waals surface area contributed by atoms with E-state index in [4.69, 9.17) is 4.74 Å². The van der Waals surface area contributed by atoms with Crippen LogP contribution in [0.2, 0.25) is 0 Å². The third kappa shape index (κ3) is 3.63. The number of pyridine rings is 1. The first kappa shape index (κ1) is 17.0. The Morgan fingerprint density at radius 3 is 2.76 bits per heavy atom. The first-order valence-corrected chi connectivity index (χ1v) is 7.57. The van der Waals surface area contributed by atoms with Crippen LogP contribution in [0.4, 0.5) is 8.78 Å². The number of hydrogen-bond donors (Lipinski definition) is 1. The molecular weight excluding hydrogens is 330 g/mol. The van der Waals surface area contributed by atoms with Gasteiger partial charge in [0.2, 0.25) is 5.88 Å². The van der Waals surface area contributed by atoms with Crippen LogP contribution in [0.25, 0.3) is 0 Å². The summed E-state index contributed by atoms with van der Waals surface area (Å²) in [6.07, 6.45) is 3.31. The first-order valence-electron chi connectivity index (χ1n) is 7.57. The summed E-state index contributed by atoms with van der Waals surface area (Å²) in [4.78, 5) is 7.85. The van der Waals surface area contributed by atoms with Crippen molar-refractivity contribution < 1.29 is 18.6 Å². The minimum atomic E-state index is -1.83. The molecule has 25 heavy (non-hydrogen) atoms. The van der Waals surface area contributed by atoms with Crippen molar-refractivity contribution in [2.75, 3.05) is 0 Å². The fraction of sp³-hybridized carbons (Fsp3) is 0.235. The fourth-order valence-corrected chi connectivity index (χ4v) is 2.53. The summed E-state index contributed by atoms with van der Waals surface area (Å²) in [5.74, 6) is -1.34. The topological polar surface area (TPSA) is 73.1 Å². The van der Waals surface area contributed by atoms with Gasteiger partial charge in [0.25, 0.3) is 0 Å². The summed E-state index contributed by atoms with van der Waals surface area (Å²) in [5.41, 5.74) is -1.93. The maximum absolute atomic E-state index is 14.4. The van der Waals surface area contributed by atoms with E-state index in [9.17, 15) is 13.9 Å². The minimum Gasteiger partial charge on any atom is -0.471 e. The zero-order chi connectivity index (χ0) is 17.9. The highest BCUT2D eigenvalue weighted by atomic mass is 19.1. The molecule has 0 saturated carbocycles. The Labute approximate surface area is 142 Å². The lowest BCUT2D eigenvalue weighted by atomic mass is 9.88. The van der Waals surface area contributed by atoms with Crippen LogP contribution in [0.5, 0.6) is 5.88 Å². The summed E-state index contributed by atoms with van der Waals surface area (Å²) in [5, 5.41) is 15.2. The summed E-state index contributed by atoms with van der Waals surface area (Å²) in [6.45, 7) is 1.44. The maximum atomic E-state index is 14.4. The van der Waals surface area contributed by atoms with E-state index in [1.54, 1.807) is 25.1 Å². The van der Waals surface area contributed by atoms with Crippen LogP contribution in [0, 0.1) is 11.6 Å². The van der Waals surface area contributed by atoms with E-state index >= 15 is 0 Å². The number of aromatic nitrogens is 4. The number of rotatable bonds is 6. The van der Waals surface area contributed by atoms with Gasteiger partial charge in [0, 0.05) is 23.9 Å². The van der Waals surface area contributed by atoms with Gasteiger partial charge < -0.3 is 9.84 Å². The number of halogens is 2. The zero-order valence-corrected chi connectivity index (χ0v) is 13.4. The molecule has 3 rings (SSSR count). The highest BCUT2D eigenvalue weighted by Crippen LogP contribution is 2.32. The number of ether oxygens (including phenoxy) is 1. The molecule has 0 fully saturated rings. The molecule has 3 aromatic rings. The molecule has 130 valence electrons. The largest absolute Gasteiger partial charge is 0.471 e. The van der Waals surface area contributed by atoms with Crippen LogP contribution in [-0.2, 0) is 12.1 Å². The van der Waals surface area contributed by atoms with Gasteiger partial charge in [0.1, 0.15) is 36.0 Å². The molecule has 0 aliphatic rings. The minimum absolute atomic E-state index is 0.104. The van der Waals surface area contributed by atoms with Gasteiger partial charge >= 0.3 is 0 Å². The predicted octanol–water partition coefficient (Wildman–Crippen LogP) is 2.31. The molecule has 0 spiro atoms. The Morgan fingerprint density at radius 1 is 1.28 bits per heavy atom. The molecule has 0 bridgehead atoms. The summed E-state index contributed by atoms with van der Waals surface area (Å²) < 4.78 is 34.7. The van der Waals surface area contributed by atoms with E-state index in [1.807, 2.05) is 0 Å². The molecule has 6 nitrogen and oxygen atoms in total. The lowest BCUT2D eigenvalue weighted by molar-refractivity contribution is -0.0773. The molecule has 0 radical (unpaired) electrons. The van der Waals surface area contributed by atoms with Crippen LogP contribution in [0.15, 0.2) is 55.2 Å². The van der Waals surface area contributed by atoms with Crippen LogP contribution in [0.3, 0.4) is 0 Å². The number of benzene rings is 1. The van der Waals surface area contributed by atoms with E-state index in [-0.39, 0.29) is 18.0 Å². The van der Waals surface area contributed by atoms with Crippen LogP contribution < -0.4 is 4.74 Å². The first-order chi connectivity index (χ1) is 12.0. The number of nitrogens with zero attached hydrogens (tertiary/aromatic N) is 4. The van der Waals surface area contributed by atoms with E-state index in [1.165, 1.54) is 29.6 Å². The SMILES string of the molecule is CC(Oc1ccccn1)C(O)(Cn1cncn1)c1ccc(F)cc1F. The zero-order valence-electron chi connectivity index (χ0n) is 13.4. The molecule has 1 aromatic carbocycles. The lowest BCUT2D eigenvalue weighted by Crippen LogP contribution is -2.45. The van der Waals surface area contributed by atoms with Crippen molar-refractivity contribution in [3.8, 4) is 5.88 Å². The van der Waals surface area contributed by atoms with Gasteiger partial charge in [-0.15, -0.1) is 0 Å². The molecule has 2 heterocycles. The van der Waals surface area contributed by atoms with Crippen molar-refractivity contribution in [1.29, 1.82) is 0 Å². The molecule has 0 amide bonds. The van der Waals surface area contributed by atoms with Gasteiger partial charge in [-0.2, -0.15) is 5.10 Å². The molecule has 2 aromatic heterocycles.